The zero-order valence-corrected chi connectivity index (χ0v) is 16.1. The lowest BCUT2D eigenvalue weighted by molar-refractivity contribution is -0.122. The normalized spacial score (nSPS) is 11.9. The maximum Gasteiger partial charge on any atom is 0.264 e. The number of carbonyl (C=O) groups excluding carboxylic acids is 2. The summed E-state index contributed by atoms with van der Waals surface area (Å²) >= 11 is 4.56. The summed E-state index contributed by atoms with van der Waals surface area (Å²) in [6.07, 6.45) is 0.0276. The van der Waals surface area contributed by atoms with Gasteiger partial charge in [-0.3, -0.25) is 9.59 Å². The molecule has 1 aromatic heterocycles. The number of nitrogens with zero attached hydrogens (tertiary/aromatic N) is 1. The molecule has 0 fully saturated rings. The minimum atomic E-state index is -0.642. The molecule has 1 aromatic carbocycles. The van der Waals surface area contributed by atoms with Gasteiger partial charge in [-0.1, -0.05) is 6.07 Å². The predicted molar refractivity (Wildman–Crippen MR) is 96.6 cm³/mol. The van der Waals surface area contributed by atoms with E-state index in [0.29, 0.717) is 4.88 Å². The van der Waals surface area contributed by atoms with Gasteiger partial charge >= 0.3 is 0 Å². The van der Waals surface area contributed by atoms with Crippen LogP contribution in [0.2, 0.25) is 0 Å². The molecular weight excluding hydrogens is 414 g/mol. The first-order valence-corrected chi connectivity index (χ1v) is 9.12. The van der Waals surface area contributed by atoms with Crippen LogP contribution in [0.25, 0.3) is 0 Å². The van der Waals surface area contributed by atoms with Crippen LogP contribution in [-0.2, 0) is 11.2 Å². The summed E-state index contributed by atoms with van der Waals surface area (Å²) in [6.45, 7) is 1.51. The Bertz CT molecular complexity index is 762. The number of amides is 2. The Kier molecular flexibility index (Phi) is 6.66. The number of benzene rings is 1. The molecule has 0 bridgehead atoms. The van der Waals surface area contributed by atoms with E-state index in [4.69, 9.17) is 0 Å². The van der Waals surface area contributed by atoms with Crippen molar-refractivity contribution >= 4 is 39.1 Å². The number of halogens is 3. The van der Waals surface area contributed by atoms with E-state index in [9.17, 15) is 18.4 Å². The molecule has 2 aromatic rings. The highest BCUT2D eigenvalue weighted by atomic mass is 79.9. The van der Waals surface area contributed by atoms with E-state index in [2.05, 4.69) is 21.2 Å². The third-order valence-corrected chi connectivity index (χ3v) is 5.10. The molecule has 1 heterocycles. The van der Waals surface area contributed by atoms with Crippen LogP contribution in [0.3, 0.4) is 0 Å². The third kappa shape index (κ3) is 5.34. The minimum Gasteiger partial charge on any atom is -0.352 e. The summed E-state index contributed by atoms with van der Waals surface area (Å²) in [5.74, 6) is -1.94. The SMILES string of the molecule is CC(Cc1c(F)cccc1F)NC(=O)CN(C)C(=O)c1ccc(Br)s1. The second-order valence-electron chi connectivity index (χ2n) is 5.64. The van der Waals surface area contributed by atoms with E-state index in [1.165, 1.54) is 41.5 Å². The first-order chi connectivity index (χ1) is 11.8. The van der Waals surface area contributed by atoms with Crippen LogP contribution in [0.15, 0.2) is 34.1 Å². The first-order valence-electron chi connectivity index (χ1n) is 7.51. The zero-order valence-electron chi connectivity index (χ0n) is 13.7. The average Bonchev–Trinajstić information content (AvgIpc) is 2.96. The molecule has 0 spiro atoms. The van der Waals surface area contributed by atoms with Crippen molar-refractivity contribution in [2.24, 2.45) is 0 Å². The lowest BCUT2D eigenvalue weighted by Gasteiger charge is -2.19. The van der Waals surface area contributed by atoms with Gasteiger partial charge in [0.05, 0.1) is 15.2 Å². The van der Waals surface area contributed by atoms with E-state index >= 15 is 0 Å². The molecule has 0 aliphatic carbocycles. The largest absolute Gasteiger partial charge is 0.352 e. The molecule has 0 aliphatic heterocycles. The van der Waals surface area contributed by atoms with E-state index < -0.39 is 23.6 Å². The molecule has 8 heteroatoms. The average molecular weight is 431 g/mol. The Morgan fingerprint density at radius 1 is 1.24 bits per heavy atom. The van der Waals surface area contributed by atoms with E-state index in [1.54, 1.807) is 19.1 Å². The van der Waals surface area contributed by atoms with Crippen LogP contribution < -0.4 is 5.32 Å². The van der Waals surface area contributed by atoms with Gasteiger partial charge in [0.25, 0.3) is 5.91 Å². The van der Waals surface area contributed by atoms with Crippen LogP contribution in [-0.4, -0.2) is 36.3 Å². The van der Waals surface area contributed by atoms with Crippen molar-refractivity contribution in [3.05, 3.63) is 56.2 Å². The summed E-state index contributed by atoms with van der Waals surface area (Å²) in [5.41, 5.74) is -0.0665. The molecule has 2 rings (SSSR count). The fourth-order valence-electron chi connectivity index (χ4n) is 2.31. The molecule has 0 saturated carbocycles. The Balaban J connectivity index is 1.90. The fraction of sp³-hybridized carbons (Fsp3) is 0.294. The molecule has 0 saturated heterocycles. The van der Waals surface area contributed by atoms with Crippen molar-refractivity contribution < 1.29 is 18.4 Å². The number of rotatable bonds is 6. The summed E-state index contributed by atoms with van der Waals surface area (Å²) in [6, 6.07) is 6.61. The highest BCUT2D eigenvalue weighted by Crippen LogP contribution is 2.23. The first kappa shape index (κ1) is 19.5. The van der Waals surface area contributed by atoms with Gasteiger partial charge in [-0.2, -0.15) is 0 Å². The monoisotopic (exact) mass is 430 g/mol. The topological polar surface area (TPSA) is 49.4 Å². The zero-order chi connectivity index (χ0) is 18.6. The van der Waals surface area contributed by atoms with Crippen LogP contribution in [0, 0.1) is 11.6 Å². The van der Waals surface area contributed by atoms with Gasteiger partial charge < -0.3 is 10.2 Å². The molecule has 0 aliphatic rings. The smallest absolute Gasteiger partial charge is 0.264 e. The highest BCUT2D eigenvalue weighted by Gasteiger charge is 2.19. The second kappa shape index (κ2) is 8.53. The molecule has 1 unspecified atom stereocenters. The number of hydrogen-bond donors (Lipinski definition) is 1. The van der Waals surface area contributed by atoms with Gasteiger partial charge in [0, 0.05) is 18.7 Å². The number of nitrogens with one attached hydrogen (secondary N) is 1. The molecule has 25 heavy (non-hydrogen) atoms. The number of carbonyl (C=O) groups is 2. The fourth-order valence-corrected chi connectivity index (χ4v) is 3.69. The number of hydrogen-bond acceptors (Lipinski definition) is 3. The van der Waals surface area contributed by atoms with E-state index in [-0.39, 0.29) is 24.4 Å². The van der Waals surface area contributed by atoms with Crippen LogP contribution in [0.4, 0.5) is 8.78 Å². The van der Waals surface area contributed by atoms with Crippen LogP contribution >= 0.6 is 27.3 Å². The van der Waals surface area contributed by atoms with Gasteiger partial charge in [0.15, 0.2) is 0 Å². The Labute approximate surface area is 157 Å². The maximum absolute atomic E-state index is 13.6. The van der Waals surface area contributed by atoms with Crippen molar-refractivity contribution in [3.63, 3.8) is 0 Å². The van der Waals surface area contributed by atoms with Crippen molar-refractivity contribution in [1.82, 2.24) is 10.2 Å². The number of thiophene rings is 1. The highest BCUT2D eigenvalue weighted by molar-refractivity contribution is 9.11. The van der Waals surface area contributed by atoms with E-state index in [0.717, 1.165) is 3.79 Å². The van der Waals surface area contributed by atoms with Gasteiger partial charge in [-0.25, -0.2) is 8.78 Å². The molecule has 134 valence electrons. The maximum atomic E-state index is 13.6. The molecule has 1 atom stereocenters. The van der Waals surface area contributed by atoms with Crippen molar-refractivity contribution in [2.45, 2.75) is 19.4 Å². The Morgan fingerprint density at radius 2 is 1.88 bits per heavy atom. The van der Waals surface area contributed by atoms with Gasteiger partial charge in [0.2, 0.25) is 5.91 Å². The minimum absolute atomic E-state index is 0.0276. The molecule has 2 amide bonds. The van der Waals surface area contributed by atoms with E-state index in [1.807, 2.05) is 0 Å². The van der Waals surface area contributed by atoms with Gasteiger partial charge in [-0.05, 0) is 53.5 Å². The lowest BCUT2D eigenvalue weighted by Crippen LogP contribution is -2.42. The van der Waals surface area contributed by atoms with Gasteiger partial charge in [-0.15, -0.1) is 11.3 Å². The third-order valence-electron chi connectivity index (χ3n) is 3.49. The lowest BCUT2D eigenvalue weighted by atomic mass is 10.1. The standard InChI is InChI=1S/C17H17BrF2N2O2S/c1-10(8-11-12(19)4-3-5-13(11)20)21-16(23)9-22(2)17(24)14-6-7-15(18)25-14/h3-7,10H,8-9H2,1-2H3,(H,21,23). The van der Waals surface area contributed by atoms with Crippen molar-refractivity contribution in [3.8, 4) is 0 Å². The Morgan fingerprint density at radius 3 is 2.44 bits per heavy atom. The summed E-state index contributed by atoms with van der Waals surface area (Å²) in [4.78, 5) is 26.1. The molecular formula is C17H17BrF2N2O2S. The van der Waals surface area contributed by atoms with Crippen LogP contribution in [0.5, 0.6) is 0 Å². The Hall–Kier alpha value is -1.80. The molecule has 4 nitrogen and oxygen atoms in total. The second-order valence-corrected chi connectivity index (χ2v) is 8.10. The summed E-state index contributed by atoms with van der Waals surface area (Å²) in [5, 5.41) is 2.65. The summed E-state index contributed by atoms with van der Waals surface area (Å²) in [7, 11) is 1.52. The van der Waals surface area contributed by atoms with Crippen molar-refractivity contribution in [1.29, 1.82) is 0 Å². The number of likely N-dealkylation sites (N-methyl/N-ethyl adjacent to an activating group) is 1. The predicted octanol–water partition coefficient (Wildman–Crippen LogP) is 3.61. The van der Waals surface area contributed by atoms with Crippen LogP contribution in [0.1, 0.15) is 22.2 Å². The molecule has 1 N–H and O–H groups in total. The van der Waals surface area contributed by atoms with Crippen molar-refractivity contribution in [2.75, 3.05) is 13.6 Å². The quantitative estimate of drug-likeness (QED) is 0.760. The summed E-state index contributed by atoms with van der Waals surface area (Å²) < 4.78 is 28.1. The van der Waals surface area contributed by atoms with Gasteiger partial charge in [0.1, 0.15) is 11.6 Å². The molecule has 0 radical (unpaired) electrons.